The first-order chi connectivity index (χ1) is 17.6. The van der Waals surface area contributed by atoms with Crippen LogP contribution < -0.4 is 15.6 Å². The van der Waals surface area contributed by atoms with E-state index in [2.05, 4.69) is 31.3 Å². The first kappa shape index (κ1) is 24.3. The van der Waals surface area contributed by atoms with Gasteiger partial charge in [-0.1, -0.05) is 68.4 Å². The number of hydrogen-bond donors (Lipinski definition) is 2. The minimum Gasteiger partial charge on any atom is -0.487 e. The molecule has 0 saturated heterocycles. The summed E-state index contributed by atoms with van der Waals surface area (Å²) in [6.45, 7) is 5.09. The van der Waals surface area contributed by atoms with E-state index < -0.39 is 6.23 Å². The predicted molar refractivity (Wildman–Crippen MR) is 145 cm³/mol. The van der Waals surface area contributed by atoms with Crippen molar-refractivity contribution in [2.24, 2.45) is 0 Å². The molecule has 0 saturated carbocycles. The molecule has 0 fully saturated rings. The van der Waals surface area contributed by atoms with Gasteiger partial charge < -0.3 is 15.2 Å². The number of aromatic nitrogens is 1. The molecule has 36 heavy (non-hydrogen) atoms. The molecule has 0 radical (unpaired) electrons. The standard InChI is InChI=1S/C31H34N2O3/c1-3-22-15-25-17-27(18-26(25)16-23(22)4-2)32-19-30(35)33-29(34)14-13-24-11-8-12-28(31(24)33)36-20-21-9-6-5-7-10-21/h5-16,27,30,32,35H,3-4,17-20H2,1-2H3/t30-/m0/s1. The second kappa shape index (κ2) is 10.7. The predicted octanol–water partition coefficient (Wildman–Crippen LogP) is 4.95. The summed E-state index contributed by atoms with van der Waals surface area (Å²) in [6.07, 6.45) is 2.96. The largest absolute Gasteiger partial charge is 0.487 e. The summed E-state index contributed by atoms with van der Waals surface area (Å²) >= 11 is 0. The maximum atomic E-state index is 12.9. The molecule has 0 amide bonds. The Morgan fingerprint density at radius 3 is 2.31 bits per heavy atom. The van der Waals surface area contributed by atoms with Crippen molar-refractivity contribution in [1.29, 1.82) is 0 Å². The van der Waals surface area contributed by atoms with Crippen molar-refractivity contribution in [1.82, 2.24) is 9.88 Å². The summed E-state index contributed by atoms with van der Waals surface area (Å²) in [5.41, 5.74) is 7.07. The van der Waals surface area contributed by atoms with Gasteiger partial charge >= 0.3 is 0 Å². The van der Waals surface area contributed by atoms with Crippen molar-refractivity contribution < 1.29 is 9.84 Å². The minimum atomic E-state index is -1.01. The third-order valence-electron chi connectivity index (χ3n) is 7.25. The molecule has 0 spiro atoms. The second-order valence-electron chi connectivity index (χ2n) is 9.60. The number of nitrogens with zero attached hydrogens (tertiary/aromatic N) is 1. The van der Waals surface area contributed by atoms with Crippen LogP contribution in [0.3, 0.4) is 0 Å². The van der Waals surface area contributed by atoms with Crippen LogP contribution in [0.5, 0.6) is 5.75 Å². The van der Waals surface area contributed by atoms with E-state index in [1.807, 2.05) is 48.5 Å². The maximum absolute atomic E-state index is 12.9. The molecule has 1 heterocycles. The Morgan fingerprint density at radius 1 is 0.944 bits per heavy atom. The van der Waals surface area contributed by atoms with Gasteiger partial charge in [-0.15, -0.1) is 0 Å². The third-order valence-corrected chi connectivity index (χ3v) is 7.25. The van der Waals surface area contributed by atoms with Gasteiger partial charge in [0.1, 0.15) is 18.6 Å². The average Bonchev–Trinajstić information content (AvgIpc) is 3.32. The summed E-state index contributed by atoms with van der Waals surface area (Å²) < 4.78 is 7.58. The molecule has 3 aromatic carbocycles. The van der Waals surface area contributed by atoms with Gasteiger partial charge in [0.2, 0.25) is 0 Å². The smallest absolute Gasteiger partial charge is 0.253 e. The summed E-state index contributed by atoms with van der Waals surface area (Å²) in [7, 11) is 0. The van der Waals surface area contributed by atoms with E-state index >= 15 is 0 Å². The van der Waals surface area contributed by atoms with E-state index in [1.54, 1.807) is 6.07 Å². The van der Waals surface area contributed by atoms with Gasteiger partial charge in [-0.25, -0.2) is 0 Å². The number of aliphatic hydroxyl groups is 1. The van der Waals surface area contributed by atoms with Gasteiger partial charge in [0.25, 0.3) is 5.56 Å². The molecule has 4 aromatic rings. The number of para-hydroxylation sites is 1. The van der Waals surface area contributed by atoms with Gasteiger partial charge in [0.05, 0.1) is 5.52 Å². The molecule has 186 valence electrons. The Hall–Kier alpha value is -3.41. The minimum absolute atomic E-state index is 0.242. The SMILES string of the molecule is CCc1cc2c(cc1CC)CC(NC[C@H](O)n1c(=O)ccc3cccc(OCc4ccccc4)c31)C2. The molecule has 5 nitrogen and oxygen atoms in total. The van der Waals surface area contributed by atoms with Crippen molar-refractivity contribution >= 4 is 10.9 Å². The van der Waals surface area contributed by atoms with Crippen molar-refractivity contribution in [3.05, 3.63) is 111 Å². The molecule has 1 atom stereocenters. The van der Waals surface area contributed by atoms with E-state index in [-0.39, 0.29) is 18.1 Å². The van der Waals surface area contributed by atoms with Crippen molar-refractivity contribution in [3.63, 3.8) is 0 Å². The molecule has 0 bridgehead atoms. The van der Waals surface area contributed by atoms with Crippen LogP contribution in [0.4, 0.5) is 0 Å². The average molecular weight is 483 g/mol. The number of hydrogen-bond acceptors (Lipinski definition) is 4. The first-order valence-electron chi connectivity index (χ1n) is 12.9. The molecule has 1 aliphatic rings. The highest BCUT2D eigenvalue weighted by molar-refractivity contribution is 5.85. The molecule has 1 aliphatic carbocycles. The summed E-state index contributed by atoms with van der Waals surface area (Å²) in [5.74, 6) is 0.584. The number of aliphatic hydroxyl groups excluding tert-OH is 1. The molecule has 0 aliphatic heterocycles. The van der Waals surface area contributed by atoms with Crippen LogP contribution in [0.2, 0.25) is 0 Å². The monoisotopic (exact) mass is 482 g/mol. The number of ether oxygens (including phenoxy) is 1. The lowest BCUT2D eigenvalue weighted by Crippen LogP contribution is -2.37. The highest BCUT2D eigenvalue weighted by Crippen LogP contribution is 2.29. The van der Waals surface area contributed by atoms with Crippen LogP contribution in [-0.2, 0) is 32.3 Å². The Kier molecular flexibility index (Phi) is 7.21. The summed E-state index contributed by atoms with van der Waals surface area (Å²) in [5, 5.41) is 15.6. The number of nitrogens with one attached hydrogen (secondary N) is 1. The Balaban J connectivity index is 1.34. The van der Waals surface area contributed by atoms with Crippen LogP contribution >= 0.6 is 0 Å². The number of rotatable bonds is 9. The normalized spacial score (nSPS) is 14.2. The summed E-state index contributed by atoms with van der Waals surface area (Å²) in [4.78, 5) is 12.9. The zero-order chi connectivity index (χ0) is 25.1. The van der Waals surface area contributed by atoms with E-state index in [0.717, 1.165) is 36.6 Å². The molecule has 0 unspecified atom stereocenters. The molecule has 1 aromatic heterocycles. The number of aryl methyl sites for hydroxylation is 2. The fraction of sp³-hybridized carbons (Fsp3) is 0.323. The zero-order valence-electron chi connectivity index (χ0n) is 21.0. The lowest BCUT2D eigenvalue weighted by atomic mass is 9.97. The number of pyridine rings is 1. The first-order valence-corrected chi connectivity index (χ1v) is 12.9. The van der Waals surface area contributed by atoms with E-state index in [0.29, 0.717) is 17.9 Å². The van der Waals surface area contributed by atoms with Gasteiger partial charge in [0, 0.05) is 24.0 Å². The lowest BCUT2D eigenvalue weighted by molar-refractivity contribution is 0.0998. The molecule has 5 rings (SSSR count). The quantitative estimate of drug-likeness (QED) is 0.354. The zero-order valence-corrected chi connectivity index (χ0v) is 21.0. The Bertz CT molecular complexity index is 1380. The fourth-order valence-corrected chi connectivity index (χ4v) is 5.37. The van der Waals surface area contributed by atoms with E-state index in [1.165, 1.54) is 32.9 Å². The molecular formula is C31H34N2O3. The molecule has 2 N–H and O–H groups in total. The Morgan fingerprint density at radius 2 is 1.64 bits per heavy atom. The maximum Gasteiger partial charge on any atom is 0.253 e. The number of benzene rings is 3. The van der Waals surface area contributed by atoms with Crippen molar-refractivity contribution in [2.45, 2.75) is 58.4 Å². The van der Waals surface area contributed by atoms with Crippen LogP contribution in [0.1, 0.15) is 47.9 Å². The van der Waals surface area contributed by atoms with Crippen LogP contribution in [0.25, 0.3) is 10.9 Å². The fourth-order valence-electron chi connectivity index (χ4n) is 5.37. The van der Waals surface area contributed by atoms with E-state index in [4.69, 9.17) is 4.74 Å². The molecule has 5 heteroatoms. The van der Waals surface area contributed by atoms with Crippen molar-refractivity contribution in [3.8, 4) is 5.75 Å². The van der Waals surface area contributed by atoms with Crippen LogP contribution in [-0.4, -0.2) is 22.3 Å². The van der Waals surface area contributed by atoms with Gasteiger partial charge in [-0.05, 0) is 65.6 Å². The van der Waals surface area contributed by atoms with Crippen molar-refractivity contribution in [2.75, 3.05) is 6.54 Å². The van der Waals surface area contributed by atoms with Gasteiger partial charge in [-0.3, -0.25) is 9.36 Å². The van der Waals surface area contributed by atoms with Crippen LogP contribution in [0, 0.1) is 0 Å². The van der Waals surface area contributed by atoms with Gasteiger partial charge in [0.15, 0.2) is 0 Å². The topological polar surface area (TPSA) is 63.5 Å². The van der Waals surface area contributed by atoms with Crippen LogP contribution in [0.15, 0.2) is 77.6 Å². The summed E-state index contributed by atoms with van der Waals surface area (Å²) in [6, 6.07) is 23.9. The van der Waals surface area contributed by atoms with Gasteiger partial charge in [-0.2, -0.15) is 0 Å². The second-order valence-corrected chi connectivity index (χ2v) is 9.60. The van der Waals surface area contributed by atoms with E-state index in [9.17, 15) is 9.90 Å². The third kappa shape index (κ3) is 4.95. The molecular weight excluding hydrogens is 448 g/mol. The Labute approximate surface area is 212 Å². The number of fused-ring (bicyclic) bond motifs is 2. The lowest BCUT2D eigenvalue weighted by Gasteiger charge is -2.21. The highest BCUT2D eigenvalue weighted by Gasteiger charge is 2.24. The highest BCUT2D eigenvalue weighted by atomic mass is 16.5.